The van der Waals surface area contributed by atoms with Crippen molar-refractivity contribution < 1.29 is 18.7 Å². The molecule has 29 heavy (non-hydrogen) atoms. The molecule has 0 spiro atoms. The third kappa shape index (κ3) is 3.81. The molecule has 0 aliphatic carbocycles. The molecule has 0 radical (unpaired) electrons. The number of ether oxygens (including phenoxy) is 1. The molecule has 1 N–H and O–H groups in total. The van der Waals surface area contributed by atoms with Crippen LogP contribution in [0.4, 0.5) is 0 Å². The van der Waals surface area contributed by atoms with Gasteiger partial charge in [-0.15, -0.1) is 0 Å². The normalized spacial score (nSPS) is 16.7. The molecule has 1 aromatic heterocycles. The second-order valence-electron chi connectivity index (χ2n) is 7.03. The number of oxazole rings is 1. The summed E-state index contributed by atoms with van der Waals surface area (Å²) in [4.78, 5) is 31.2. The molecule has 3 aromatic rings. The fraction of sp³-hybridized carbons (Fsp3) is 0.318. The maximum atomic E-state index is 13.0. The Labute approximate surface area is 168 Å². The lowest BCUT2D eigenvalue weighted by Gasteiger charge is -2.34. The van der Waals surface area contributed by atoms with E-state index in [0.29, 0.717) is 48.5 Å². The molecular weight excluding hydrogens is 370 g/mol. The first-order valence-electron chi connectivity index (χ1n) is 9.70. The summed E-state index contributed by atoms with van der Waals surface area (Å²) in [7, 11) is 1.63. The predicted octanol–water partition coefficient (Wildman–Crippen LogP) is 2.78. The van der Waals surface area contributed by atoms with Gasteiger partial charge in [0.05, 0.1) is 7.11 Å². The van der Waals surface area contributed by atoms with E-state index in [-0.39, 0.29) is 11.8 Å². The zero-order chi connectivity index (χ0) is 20.4. The second kappa shape index (κ2) is 7.95. The Morgan fingerprint density at radius 2 is 2.07 bits per heavy atom. The van der Waals surface area contributed by atoms with Crippen molar-refractivity contribution in [1.82, 2.24) is 15.2 Å². The zero-order valence-electron chi connectivity index (χ0n) is 16.5. The zero-order valence-corrected chi connectivity index (χ0v) is 16.5. The van der Waals surface area contributed by atoms with Gasteiger partial charge >= 0.3 is 0 Å². The minimum Gasteiger partial charge on any atom is -0.497 e. The number of hydrogen-bond donors (Lipinski definition) is 1. The summed E-state index contributed by atoms with van der Waals surface area (Å²) in [6.45, 7) is 2.87. The van der Waals surface area contributed by atoms with Crippen molar-refractivity contribution in [3.05, 3.63) is 59.5 Å². The highest BCUT2D eigenvalue weighted by atomic mass is 16.5. The smallest absolute Gasteiger partial charge is 0.254 e. The second-order valence-corrected chi connectivity index (χ2v) is 7.03. The maximum Gasteiger partial charge on any atom is 0.254 e. The Hall–Kier alpha value is -3.35. The number of nitrogens with zero attached hydrogens (tertiary/aromatic N) is 2. The number of carbonyl (C=O) groups excluding carboxylic acids is 2. The number of amides is 2. The van der Waals surface area contributed by atoms with Crippen molar-refractivity contribution in [2.75, 3.05) is 20.2 Å². The van der Waals surface area contributed by atoms with Crippen LogP contribution in [0, 0.1) is 0 Å². The van der Waals surface area contributed by atoms with Crippen LogP contribution < -0.4 is 10.1 Å². The highest BCUT2D eigenvalue weighted by molar-refractivity contribution is 6.00. The molecule has 1 saturated heterocycles. The number of piperazine rings is 1. The minimum atomic E-state index is -0.438. The Morgan fingerprint density at radius 3 is 2.79 bits per heavy atom. The third-order valence-corrected chi connectivity index (χ3v) is 5.17. The van der Waals surface area contributed by atoms with E-state index in [1.165, 1.54) is 0 Å². The number of fused-ring (bicyclic) bond motifs is 1. The molecule has 0 bridgehead atoms. The molecule has 7 nitrogen and oxygen atoms in total. The molecule has 2 amide bonds. The molecule has 4 rings (SSSR count). The van der Waals surface area contributed by atoms with Gasteiger partial charge in [0.2, 0.25) is 5.91 Å². The molecule has 2 aromatic carbocycles. The van der Waals surface area contributed by atoms with E-state index in [1.807, 2.05) is 31.2 Å². The average molecular weight is 393 g/mol. The van der Waals surface area contributed by atoms with Crippen molar-refractivity contribution in [3.63, 3.8) is 0 Å². The van der Waals surface area contributed by atoms with E-state index >= 15 is 0 Å². The Bertz CT molecular complexity index is 1040. The van der Waals surface area contributed by atoms with E-state index in [0.717, 1.165) is 11.3 Å². The Morgan fingerprint density at radius 1 is 1.28 bits per heavy atom. The number of nitrogens with one attached hydrogen (secondary N) is 1. The summed E-state index contributed by atoms with van der Waals surface area (Å²) in [5.41, 5.74) is 2.82. The van der Waals surface area contributed by atoms with Crippen LogP contribution in [0.5, 0.6) is 5.75 Å². The van der Waals surface area contributed by atoms with Gasteiger partial charge in [-0.25, -0.2) is 4.98 Å². The van der Waals surface area contributed by atoms with Crippen LogP contribution in [-0.2, 0) is 11.2 Å². The van der Waals surface area contributed by atoms with Gasteiger partial charge in [-0.2, -0.15) is 0 Å². The minimum absolute atomic E-state index is 0.102. The fourth-order valence-corrected chi connectivity index (χ4v) is 3.63. The number of rotatable bonds is 5. The molecule has 150 valence electrons. The van der Waals surface area contributed by atoms with Crippen LogP contribution in [0.3, 0.4) is 0 Å². The highest BCUT2D eigenvalue weighted by Gasteiger charge is 2.32. The third-order valence-electron chi connectivity index (χ3n) is 5.17. The van der Waals surface area contributed by atoms with Crippen LogP contribution in [0.2, 0.25) is 0 Å². The van der Waals surface area contributed by atoms with E-state index in [2.05, 4.69) is 10.3 Å². The standard InChI is InChI=1S/C22H23N3O4/c1-3-18-21(26)23-10-11-25(18)22(27)15-6-9-17-19(13-15)29-20(24-17)12-14-4-7-16(28-2)8-5-14/h4-9,13,18H,3,10-12H2,1-2H3,(H,23,26)/t18-/m0/s1. The van der Waals surface area contributed by atoms with Crippen molar-refractivity contribution in [3.8, 4) is 5.75 Å². The van der Waals surface area contributed by atoms with E-state index in [4.69, 9.17) is 9.15 Å². The lowest BCUT2D eigenvalue weighted by molar-refractivity contribution is -0.127. The van der Waals surface area contributed by atoms with Crippen molar-refractivity contribution >= 4 is 22.9 Å². The molecule has 1 aliphatic rings. The predicted molar refractivity (Wildman–Crippen MR) is 108 cm³/mol. The van der Waals surface area contributed by atoms with Crippen LogP contribution >= 0.6 is 0 Å². The molecule has 7 heteroatoms. The lowest BCUT2D eigenvalue weighted by Crippen LogP contribution is -2.56. The molecule has 1 fully saturated rings. The van der Waals surface area contributed by atoms with Crippen LogP contribution in [0.1, 0.15) is 35.2 Å². The summed E-state index contributed by atoms with van der Waals surface area (Å²) in [5, 5.41) is 2.81. The SMILES string of the molecule is CC[C@H]1C(=O)NCCN1C(=O)c1ccc2nc(Cc3ccc(OC)cc3)oc2c1. The summed E-state index contributed by atoms with van der Waals surface area (Å²) >= 11 is 0. The van der Waals surface area contributed by atoms with Crippen molar-refractivity contribution in [1.29, 1.82) is 0 Å². The van der Waals surface area contributed by atoms with Crippen LogP contribution in [0.15, 0.2) is 46.9 Å². The van der Waals surface area contributed by atoms with E-state index in [9.17, 15) is 9.59 Å². The topological polar surface area (TPSA) is 84.7 Å². The van der Waals surface area contributed by atoms with Gasteiger partial charge in [-0.05, 0) is 42.3 Å². The molecule has 0 saturated carbocycles. The highest BCUT2D eigenvalue weighted by Crippen LogP contribution is 2.22. The average Bonchev–Trinajstić information content (AvgIpc) is 3.15. The van der Waals surface area contributed by atoms with Gasteiger partial charge in [0.1, 0.15) is 17.3 Å². The molecule has 1 atom stereocenters. The van der Waals surface area contributed by atoms with Crippen molar-refractivity contribution in [2.24, 2.45) is 0 Å². The largest absolute Gasteiger partial charge is 0.497 e. The number of benzene rings is 2. The monoisotopic (exact) mass is 393 g/mol. The first-order valence-corrected chi connectivity index (χ1v) is 9.70. The molecule has 2 heterocycles. The van der Waals surface area contributed by atoms with Gasteiger partial charge in [-0.3, -0.25) is 9.59 Å². The first kappa shape index (κ1) is 19.0. The molecule has 1 aliphatic heterocycles. The van der Waals surface area contributed by atoms with Gasteiger partial charge < -0.3 is 19.4 Å². The van der Waals surface area contributed by atoms with Gasteiger partial charge in [0.25, 0.3) is 5.91 Å². The summed E-state index contributed by atoms with van der Waals surface area (Å²) < 4.78 is 11.1. The summed E-state index contributed by atoms with van der Waals surface area (Å²) in [6, 6.07) is 12.5. The fourth-order valence-electron chi connectivity index (χ4n) is 3.63. The van der Waals surface area contributed by atoms with Gasteiger partial charge in [0, 0.05) is 25.1 Å². The number of carbonyl (C=O) groups is 2. The Balaban J connectivity index is 1.56. The van der Waals surface area contributed by atoms with Gasteiger partial charge in [0.15, 0.2) is 11.5 Å². The molecule has 0 unspecified atom stereocenters. The van der Waals surface area contributed by atoms with Gasteiger partial charge in [-0.1, -0.05) is 19.1 Å². The van der Waals surface area contributed by atoms with E-state index < -0.39 is 6.04 Å². The maximum absolute atomic E-state index is 13.0. The van der Waals surface area contributed by atoms with Crippen LogP contribution in [0.25, 0.3) is 11.1 Å². The lowest BCUT2D eigenvalue weighted by atomic mass is 10.1. The summed E-state index contributed by atoms with van der Waals surface area (Å²) in [6.07, 6.45) is 1.13. The quantitative estimate of drug-likeness (QED) is 0.721. The number of methoxy groups -OCH3 is 1. The van der Waals surface area contributed by atoms with Crippen molar-refractivity contribution in [2.45, 2.75) is 25.8 Å². The Kier molecular flexibility index (Phi) is 5.20. The number of aromatic nitrogens is 1. The van der Waals surface area contributed by atoms with E-state index in [1.54, 1.807) is 30.2 Å². The summed E-state index contributed by atoms with van der Waals surface area (Å²) in [5.74, 6) is 1.11. The first-order chi connectivity index (χ1) is 14.1. The van der Waals surface area contributed by atoms with Crippen LogP contribution in [-0.4, -0.2) is 47.9 Å². The molecular formula is C22H23N3O4. The number of hydrogen-bond acceptors (Lipinski definition) is 5.